The van der Waals surface area contributed by atoms with Gasteiger partial charge in [-0.2, -0.15) is 5.26 Å². The number of amides is 1. The molecule has 0 saturated heterocycles. The van der Waals surface area contributed by atoms with Crippen LogP contribution in [0.2, 0.25) is 0 Å². The summed E-state index contributed by atoms with van der Waals surface area (Å²) in [6, 6.07) is 15.6. The van der Waals surface area contributed by atoms with Crippen molar-refractivity contribution in [1.82, 2.24) is 4.90 Å². The predicted octanol–water partition coefficient (Wildman–Crippen LogP) is 3.22. The Morgan fingerprint density at radius 1 is 1.21 bits per heavy atom. The minimum atomic E-state index is -0.0693. The van der Waals surface area contributed by atoms with Gasteiger partial charge in [0.15, 0.2) is 0 Å². The minimum Gasteiger partial charge on any atom is -0.325 e. The van der Waals surface area contributed by atoms with Gasteiger partial charge in [-0.15, -0.1) is 0 Å². The van der Waals surface area contributed by atoms with E-state index in [9.17, 15) is 4.79 Å². The molecule has 0 radical (unpaired) electrons. The van der Waals surface area contributed by atoms with Gasteiger partial charge in [-0.25, -0.2) is 0 Å². The summed E-state index contributed by atoms with van der Waals surface area (Å²) in [5.41, 5.74) is 0.668. The van der Waals surface area contributed by atoms with Gasteiger partial charge < -0.3 is 4.90 Å². The van der Waals surface area contributed by atoms with Crippen LogP contribution in [0.4, 0.5) is 0 Å². The zero-order chi connectivity index (χ0) is 13.7. The Bertz CT molecular complexity index is 623. The lowest BCUT2D eigenvalue weighted by molar-refractivity contribution is 0.0778. The Morgan fingerprint density at radius 3 is 2.68 bits per heavy atom. The van der Waals surface area contributed by atoms with Crippen molar-refractivity contribution in [3.05, 3.63) is 48.0 Å². The topological polar surface area (TPSA) is 44.1 Å². The van der Waals surface area contributed by atoms with Crippen molar-refractivity contribution in [1.29, 1.82) is 5.26 Å². The van der Waals surface area contributed by atoms with Crippen molar-refractivity contribution in [3.63, 3.8) is 0 Å². The van der Waals surface area contributed by atoms with Crippen molar-refractivity contribution in [2.24, 2.45) is 0 Å². The zero-order valence-corrected chi connectivity index (χ0v) is 11.0. The van der Waals surface area contributed by atoms with Crippen LogP contribution in [0.25, 0.3) is 10.8 Å². The summed E-state index contributed by atoms with van der Waals surface area (Å²) < 4.78 is 0. The van der Waals surface area contributed by atoms with Gasteiger partial charge in [0, 0.05) is 12.1 Å². The fraction of sp³-hybridized carbons (Fsp3) is 0.250. The van der Waals surface area contributed by atoms with E-state index in [-0.39, 0.29) is 12.5 Å². The third kappa shape index (κ3) is 2.74. The van der Waals surface area contributed by atoms with Gasteiger partial charge in [0.1, 0.15) is 6.54 Å². The summed E-state index contributed by atoms with van der Waals surface area (Å²) in [4.78, 5) is 14.1. The maximum Gasteiger partial charge on any atom is 0.255 e. The molecular formula is C16H16N2O. The number of nitriles is 1. The van der Waals surface area contributed by atoms with Crippen LogP contribution >= 0.6 is 0 Å². The Balaban J connectivity index is 2.43. The fourth-order valence-electron chi connectivity index (χ4n) is 2.19. The highest BCUT2D eigenvalue weighted by Crippen LogP contribution is 2.20. The van der Waals surface area contributed by atoms with Gasteiger partial charge in [-0.1, -0.05) is 43.3 Å². The second-order valence-corrected chi connectivity index (χ2v) is 4.41. The lowest BCUT2D eigenvalue weighted by Gasteiger charge is -2.19. The second kappa shape index (κ2) is 6.01. The second-order valence-electron chi connectivity index (χ2n) is 4.41. The van der Waals surface area contributed by atoms with Gasteiger partial charge in [-0.3, -0.25) is 4.79 Å². The predicted molar refractivity (Wildman–Crippen MR) is 75.8 cm³/mol. The number of hydrogen-bond acceptors (Lipinski definition) is 2. The van der Waals surface area contributed by atoms with E-state index in [0.717, 1.165) is 17.2 Å². The summed E-state index contributed by atoms with van der Waals surface area (Å²) in [6.07, 6.45) is 0.845. The van der Waals surface area contributed by atoms with Crippen molar-refractivity contribution in [2.45, 2.75) is 13.3 Å². The molecule has 2 aromatic rings. The number of rotatable bonds is 4. The molecule has 0 aromatic heterocycles. The molecule has 3 nitrogen and oxygen atoms in total. The Hall–Kier alpha value is -2.34. The number of carbonyl (C=O) groups is 1. The highest BCUT2D eigenvalue weighted by molar-refractivity contribution is 6.07. The average Bonchev–Trinajstić information content (AvgIpc) is 2.46. The van der Waals surface area contributed by atoms with Crippen LogP contribution in [0.1, 0.15) is 23.7 Å². The largest absolute Gasteiger partial charge is 0.325 e. The normalized spacial score (nSPS) is 10.1. The monoisotopic (exact) mass is 252 g/mol. The maximum atomic E-state index is 12.5. The molecule has 0 aliphatic heterocycles. The van der Waals surface area contributed by atoms with Crippen molar-refractivity contribution in [3.8, 4) is 6.07 Å². The molecule has 0 unspecified atom stereocenters. The van der Waals surface area contributed by atoms with E-state index >= 15 is 0 Å². The molecule has 2 aromatic carbocycles. The smallest absolute Gasteiger partial charge is 0.255 e. The third-order valence-electron chi connectivity index (χ3n) is 3.06. The summed E-state index contributed by atoms with van der Waals surface area (Å²) in [5.74, 6) is -0.0693. The van der Waals surface area contributed by atoms with E-state index in [2.05, 4.69) is 6.07 Å². The van der Waals surface area contributed by atoms with Crippen LogP contribution in [0.15, 0.2) is 42.5 Å². The highest BCUT2D eigenvalue weighted by atomic mass is 16.2. The minimum absolute atomic E-state index is 0.0693. The van der Waals surface area contributed by atoms with E-state index in [1.54, 1.807) is 4.90 Å². The first-order chi connectivity index (χ1) is 9.27. The molecule has 0 spiro atoms. The summed E-state index contributed by atoms with van der Waals surface area (Å²) in [5, 5.41) is 10.8. The molecule has 0 bridgehead atoms. The lowest BCUT2D eigenvalue weighted by Crippen LogP contribution is -2.32. The van der Waals surface area contributed by atoms with E-state index < -0.39 is 0 Å². The number of fused-ring (bicyclic) bond motifs is 1. The summed E-state index contributed by atoms with van der Waals surface area (Å²) in [7, 11) is 0. The van der Waals surface area contributed by atoms with Crippen LogP contribution in [0.3, 0.4) is 0 Å². The van der Waals surface area contributed by atoms with E-state index in [1.807, 2.05) is 49.4 Å². The van der Waals surface area contributed by atoms with Crippen LogP contribution < -0.4 is 0 Å². The Morgan fingerprint density at radius 2 is 1.95 bits per heavy atom. The molecule has 19 heavy (non-hydrogen) atoms. The third-order valence-corrected chi connectivity index (χ3v) is 3.06. The first-order valence-corrected chi connectivity index (χ1v) is 6.42. The van der Waals surface area contributed by atoms with E-state index in [0.29, 0.717) is 12.1 Å². The van der Waals surface area contributed by atoms with E-state index in [1.165, 1.54) is 0 Å². The van der Waals surface area contributed by atoms with E-state index in [4.69, 9.17) is 5.26 Å². The maximum absolute atomic E-state index is 12.5. The average molecular weight is 252 g/mol. The molecule has 0 saturated carbocycles. The molecule has 0 aliphatic rings. The van der Waals surface area contributed by atoms with Gasteiger partial charge in [-0.05, 0) is 23.3 Å². The van der Waals surface area contributed by atoms with Crippen LogP contribution in [0, 0.1) is 11.3 Å². The van der Waals surface area contributed by atoms with Crippen molar-refractivity contribution in [2.75, 3.05) is 13.1 Å². The van der Waals surface area contributed by atoms with Gasteiger partial charge >= 0.3 is 0 Å². The first-order valence-electron chi connectivity index (χ1n) is 6.42. The van der Waals surface area contributed by atoms with Gasteiger partial charge in [0.2, 0.25) is 0 Å². The first kappa shape index (κ1) is 13.1. The number of benzene rings is 2. The summed E-state index contributed by atoms with van der Waals surface area (Å²) >= 11 is 0. The molecule has 1 amide bonds. The summed E-state index contributed by atoms with van der Waals surface area (Å²) in [6.45, 7) is 2.74. The van der Waals surface area contributed by atoms with Gasteiger partial charge in [0.25, 0.3) is 5.91 Å². The van der Waals surface area contributed by atoms with Crippen molar-refractivity contribution < 1.29 is 4.79 Å². The standard InChI is InChI=1S/C16H16N2O/c1-2-11-18(12-10-17)16(19)15-9-5-7-13-6-3-4-8-14(13)15/h3-9H,2,11-12H2,1H3. The van der Waals surface area contributed by atoms with Crippen molar-refractivity contribution >= 4 is 16.7 Å². The van der Waals surface area contributed by atoms with Crippen LogP contribution in [-0.2, 0) is 0 Å². The zero-order valence-electron chi connectivity index (χ0n) is 11.0. The molecule has 0 heterocycles. The molecule has 0 atom stereocenters. The quantitative estimate of drug-likeness (QED) is 0.784. The molecule has 96 valence electrons. The molecule has 2 rings (SSSR count). The molecule has 0 N–H and O–H groups in total. The number of hydrogen-bond donors (Lipinski definition) is 0. The fourth-order valence-corrected chi connectivity index (χ4v) is 2.19. The lowest BCUT2D eigenvalue weighted by atomic mass is 10.0. The Kier molecular flexibility index (Phi) is 4.15. The van der Waals surface area contributed by atoms with Crippen LogP contribution in [0.5, 0.6) is 0 Å². The number of carbonyl (C=O) groups excluding carboxylic acids is 1. The van der Waals surface area contributed by atoms with Gasteiger partial charge in [0.05, 0.1) is 6.07 Å². The molecule has 0 fully saturated rings. The highest BCUT2D eigenvalue weighted by Gasteiger charge is 2.16. The Labute approximate surface area is 113 Å². The molecule has 0 aliphatic carbocycles. The SMILES string of the molecule is CCCN(CC#N)C(=O)c1cccc2ccccc12. The number of nitrogens with zero attached hydrogens (tertiary/aromatic N) is 2. The van der Waals surface area contributed by atoms with Crippen LogP contribution in [-0.4, -0.2) is 23.9 Å². The molecular weight excluding hydrogens is 236 g/mol. The molecule has 3 heteroatoms.